The lowest BCUT2D eigenvalue weighted by Gasteiger charge is -2.19. The number of urea groups is 1. The van der Waals surface area contributed by atoms with Crippen LogP contribution in [0.4, 0.5) is 22.0 Å². The van der Waals surface area contributed by atoms with E-state index in [9.17, 15) is 4.79 Å². The third-order valence-corrected chi connectivity index (χ3v) is 6.90. The predicted octanol–water partition coefficient (Wildman–Crippen LogP) is 4.40. The van der Waals surface area contributed by atoms with Gasteiger partial charge in [-0.05, 0) is 41.6 Å². The van der Waals surface area contributed by atoms with Crippen LogP contribution in [0.15, 0.2) is 67.3 Å². The summed E-state index contributed by atoms with van der Waals surface area (Å²) in [6, 6.07) is 16.1. The van der Waals surface area contributed by atoms with Gasteiger partial charge in [0.05, 0.1) is 23.7 Å². The fraction of sp³-hybridized carbons (Fsp3) is 0.259. The molecule has 10 heteroatoms. The highest BCUT2D eigenvalue weighted by Gasteiger charge is 2.31. The first-order valence-electron chi connectivity index (χ1n) is 12.3. The fourth-order valence-corrected chi connectivity index (χ4v) is 5.09. The van der Waals surface area contributed by atoms with Crippen LogP contribution in [-0.4, -0.2) is 57.6 Å². The molecule has 0 bridgehead atoms. The molecule has 188 valence electrons. The molecule has 2 amide bonds. The number of amides is 2. The molecule has 0 spiro atoms. The van der Waals surface area contributed by atoms with Gasteiger partial charge in [-0.15, -0.1) is 0 Å². The van der Waals surface area contributed by atoms with Gasteiger partial charge in [0, 0.05) is 50.2 Å². The number of ether oxygens (including phenoxy) is 1. The van der Waals surface area contributed by atoms with Gasteiger partial charge in [0.2, 0.25) is 0 Å². The Morgan fingerprint density at radius 1 is 1.19 bits per heavy atom. The Kier molecular flexibility index (Phi) is 6.15. The molecule has 1 aliphatic rings. The van der Waals surface area contributed by atoms with Crippen molar-refractivity contribution < 1.29 is 9.53 Å². The third kappa shape index (κ3) is 4.47. The molecule has 10 nitrogen and oxygen atoms in total. The van der Waals surface area contributed by atoms with E-state index in [4.69, 9.17) is 4.74 Å². The van der Waals surface area contributed by atoms with Crippen LogP contribution in [0.25, 0.3) is 21.9 Å². The number of nitrogens with zero attached hydrogens (tertiary/aromatic N) is 5. The molecule has 3 aromatic heterocycles. The lowest BCUT2D eigenvalue weighted by Crippen LogP contribution is -2.30. The maximum Gasteiger partial charge on any atom is 0.319 e. The quantitative estimate of drug-likeness (QED) is 0.293. The van der Waals surface area contributed by atoms with Crippen molar-refractivity contribution in [1.82, 2.24) is 30.0 Å². The number of anilines is 3. The van der Waals surface area contributed by atoms with E-state index >= 15 is 0 Å². The highest BCUT2D eigenvalue weighted by molar-refractivity contribution is 5.93. The van der Waals surface area contributed by atoms with Gasteiger partial charge >= 0.3 is 6.03 Å². The SMILES string of the molecule is COCCn1ccc2ccc(NC(=O)NCCC3CN(c4ncnc5[nH]ncc45)c4ccccc43)cc21. The Morgan fingerprint density at radius 2 is 2.11 bits per heavy atom. The van der Waals surface area contributed by atoms with Gasteiger partial charge in [-0.25, -0.2) is 14.8 Å². The highest BCUT2D eigenvalue weighted by Crippen LogP contribution is 2.42. The number of fused-ring (bicyclic) bond motifs is 3. The van der Waals surface area contributed by atoms with E-state index in [1.54, 1.807) is 19.6 Å². The summed E-state index contributed by atoms with van der Waals surface area (Å²) in [5, 5.41) is 15.1. The molecule has 37 heavy (non-hydrogen) atoms. The number of rotatable bonds is 8. The Labute approximate surface area is 213 Å². The van der Waals surface area contributed by atoms with Crippen molar-refractivity contribution in [3.8, 4) is 0 Å². The molecular weight excluding hydrogens is 468 g/mol. The summed E-state index contributed by atoms with van der Waals surface area (Å²) in [6.07, 6.45) is 6.16. The molecule has 0 radical (unpaired) electrons. The van der Waals surface area contributed by atoms with Crippen molar-refractivity contribution in [3.63, 3.8) is 0 Å². The Hall–Kier alpha value is -4.44. The van der Waals surface area contributed by atoms with Crippen LogP contribution in [0.2, 0.25) is 0 Å². The molecule has 0 saturated heterocycles. The number of methoxy groups -OCH3 is 1. The van der Waals surface area contributed by atoms with E-state index < -0.39 is 0 Å². The first kappa shape index (κ1) is 23.0. The van der Waals surface area contributed by atoms with E-state index in [-0.39, 0.29) is 11.9 Å². The zero-order valence-electron chi connectivity index (χ0n) is 20.5. The van der Waals surface area contributed by atoms with E-state index in [1.807, 2.05) is 30.5 Å². The minimum Gasteiger partial charge on any atom is -0.383 e. The summed E-state index contributed by atoms with van der Waals surface area (Å²) in [5.41, 5.74) is 4.92. The van der Waals surface area contributed by atoms with Crippen molar-refractivity contribution in [2.75, 3.05) is 37.0 Å². The second-order valence-corrected chi connectivity index (χ2v) is 9.14. The average Bonchev–Trinajstić information content (AvgIpc) is 3.65. The topological polar surface area (TPSA) is 113 Å². The fourth-order valence-electron chi connectivity index (χ4n) is 5.09. The maximum atomic E-state index is 12.7. The molecule has 1 atom stereocenters. The number of hydrogen-bond donors (Lipinski definition) is 3. The second-order valence-electron chi connectivity index (χ2n) is 9.14. The zero-order valence-corrected chi connectivity index (χ0v) is 20.5. The van der Waals surface area contributed by atoms with Gasteiger partial charge in [-0.2, -0.15) is 5.10 Å². The lowest BCUT2D eigenvalue weighted by atomic mass is 9.98. The maximum absolute atomic E-state index is 12.7. The van der Waals surface area contributed by atoms with Crippen molar-refractivity contribution in [2.45, 2.75) is 18.9 Å². The summed E-state index contributed by atoms with van der Waals surface area (Å²) in [6.45, 7) is 2.72. The molecule has 0 fully saturated rings. The van der Waals surface area contributed by atoms with Crippen LogP contribution in [0.1, 0.15) is 17.9 Å². The van der Waals surface area contributed by atoms with Gasteiger partial charge in [-0.3, -0.25) is 5.10 Å². The number of nitrogens with one attached hydrogen (secondary N) is 3. The van der Waals surface area contributed by atoms with Gasteiger partial charge < -0.3 is 24.8 Å². The summed E-state index contributed by atoms with van der Waals surface area (Å²) < 4.78 is 7.33. The monoisotopic (exact) mass is 496 g/mol. The van der Waals surface area contributed by atoms with Gasteiger partial charge in [0.15, 0.2) is 5.65 Å². The van der Waals surface area contributed by atoms with Gasteiger partial charge in [0.1, 0.15) is 12.1 Å². The molecule has 2 aromatic carbocycles. The van der Waals surface area contributed by atoms with Crippen molar-refractivity contribution in [3.05, 3.63) is 72.8 Å². The van der Waals surface area contributed by atoms with E-state index in [0.717, 1.165) is 53.0 Å². The van der Waals surface area contributed by atoms with Gasteiger partial charge in [0.25, 0.3) is 0 Å². The molecule has 6 rings (SSSR count). The number of aromatic nitrogens is 5. The zero-order chi connectivity index (χ0) is 25.2. The minimum atomic E-state index is -0.214. The number of aromatic amines is 1. The van der Waals surface area contributed by atoms with E-state index in [1.165, 1.54) is 5.56 Å². The molecule has 1 aliphatic heterocycles. The van der Waals surface area contributed by atoms with Crippen molar-refractivity contribution >= 4 is 45.2 Å². The molecule has 5 aromatic rings. The summed E-state index contributed by atoms with van der Waals surface area (Å²) >= 11 is 0. The summed E-state index contributed by atoms with van der Waals surface area (Å²) in [5.74, 6) is 1.10. The standard InChI is InChI=1S/C27H28N8O2/c1-37-13-12-34-11-9-18-6-7-20(14-24(18)34)32-27(36)28-10-8-19-16-35(23-5-3-2-4-21(19)23)26-22-15-31-33-25(22)29-17-30-26/h2-7,9,11,14-15,17,19H,8,10,12-13,16H2,1H3,(H2,28,32,36)(H,29,30,31,33). The van der Waals surface area contributed by atoms with Crippen LogP contribution in [0.5, 0.6) is 0 Å². The second kappa shape index (κ2) is 9.90. The largest absolute Gasteiger partial charge is 0.383 e. The van der Waals surface area contributed by atoms with E-state index in [0.29, 0.717) is 18.8 Å². The normalized spacial score (nSPS) is 14.8. The third-order valence-electron chi connectivity index (χ3n) is 6.90. The number of benzene rings is 2. The molecule has 3 N–H and O–H groups in total. The predicted molar refractivity (Wildman–Crippen MR) is 143 cm³/mol. The molecular formula is C27H28N8O2. The number of H-pyrrole nitrogens is 1. The molecule has 0 saturated carbocycles. The molecule has 4 heterocycles. The highest BCUT2D eigenvalue weighted by atomic mass is 16.5. The Balaban J connectivity index is 1.10. The van der Waals surface area contributed by atoms with Gasteiger partial charge in [-0.1, -0.05) is 24.3 Å². The first-order chi connectivity index (χ1) is 18.2. The number of hydrogen-bond acceptors (Lipinski definition) is 6. The van der Waals surface area contributed by atoms with Crippen LogP contribution < -0.4 is 15.5 Å². The summed E-state index contributed by atoms with van der Waals surface area (Å²) in [4.78, 5) is 23.7. The minimum absolute atomic E-state index is 0.214. The Morgan fingerprint density at radius 3 is 3.03 bits per heavy atom. The first-order valence-corrected chi connectivity index (χ1v) is 12.3. The number of carbonyl (C=O) groups is 1. The van der Waals surface area contributed by atoms with E-state index in [2.05, 4.69) is 64.5 Å². The molecule has 0 aliphatic carbocycles. The van der Waals surface area contributed by atoms with Crippen molar-refractivity contribution in [1.29, 1.82) is 0 Å². The Bertz CT molecular complexity index is 1560. The van der Waals surface area contributed by atoms with Crippen LogP contribution in [-0.2, 0) is 11.3 Å². The van der Waals surface area contributed by atoms with Crippen molar-refractivity contribution in [2.24, 2.45) is 0 Å². The van der Waals surface area contributed by atoms with Crippen LogP contribution in [0.3, 0.4) is 0 Å². The smallest absolute Gasteiger partial charge is 0.319 e. The molecule has 1 unspecified atom stereocenters. The lowest BCUT2D eigenvalue weighted by molar-refractivity contribution is 0.188. The number of carbonyl (C=O) groups excluding carboxylic acids is 1. The number of para-hydroxylation sites is 1. The summed E-state index contributed by atoms with van der Waals surface area (Å²) in [7, 11) is 1.69. The van der Waals surface area contributed by atoms with Crippen LogP contribution >= 0.6 is 0 Å². The van der Waals surface area contributed by atoms with Crippen LogP contribution in [0, 0.1) is 0 Å². The average molecular weight is 497 g/mol.